The largest absolute Gasteiger partial charge is 0.493 e. The number of nitrogens with one attached hydrogen (secondary N) is 1. The SMILES string of the molecule is COc1cc(C(=O)N(C/C(C)=C/c2ccc(F)cc2)CC2CCCN2)cc(OC)c1OC. The lowest BCUT2D eigenvalue weighted by Gasteiger charge is -2.27. The average Bonchev–Trinajstić information content (AvgIpc) is 3.31. The molecule has 1 unspecified atom stereocenters. The van der Waals surface area contributed by atoms with Crippen LogP contribution in [0.1, 0.15) is 35.7 Å². The topological polar surface area (TPSA) is 60.0 Å². The maximum absolute atomic E-state index is 13.6. The van der Waals surface area contributed by atoms with Crippen molar-refractivity contribution in [1.82, 2.24) is 10.2 Å². The molecule has 1 aliphatic heterocycles. The zero-order valence-electron chi connectivity index (χ0n) is 19.1. The number of halogens is 1. The fourth-order valence-electron chi connectivity index (χ4n) is 3.98. The van der Waals surface area contributed by atoms with Gasteiger partial charge in [0.2, 0.25) is 5.75 Å². The Bertz CT molecular complexity index is 928. The van der Waals surface area contributed by atoms with E-state index in [1.165, 1.54) is 33.5 Å². The fraction of sp³-hybridized carbons (Fsp3) is 0.400. The molecular weight excluding hydrogens is 411 g/mol. The first kappa shape index (κ1) is 23.6. The molecule has 1 heterocycles. The van der Waals surface area contributed by atoms with Crippen molar-refractivity contribution in [3.8, 4) is 17.2 Å². The number of rotatable bonds is 9. The standard InChI is InChI=1S/C25H31FN2O4/c1-17(12-18-7-9-20(26)10-8-18)15-28(16-21-6-5-11-27-21)25(29)19-13-22(30-2)24(32-4)23(14-19)31-3/h7-10,12-14,21,27H,5-6,11,15-16H2,1-4H3/b17-12+. The highest BCUT2D eigenvalue weighted by molar-refractivity contribution is 5.96. The summed E-state index contributed by atoms with van der Waals surface area (Å²) in [6.45, 7) is 3.97. The molecule has 0 saturated carbocycles. The van der Waals surface area contributed by atoms with E-state index in [2.05, 4.69) is 5.32 Å². The summed E-state index contributed by atoms with van der Waals surface area (Å²) in [5.74, 6) is 0.930. The Labute approximate surface area is 189 Å². The van der Waals surface area contributed by atoms with Gasteiger partial charge in [-0.05, 0) is 56.1 Å². The van der Waals surface area contributed by atoms with Gasteiger partial charge < -0.3 is 24.4 Å². The van der Waals surface area contributed by atoms with Gasteiger partial charge in [0.15, 0.2) is 11.5 Å². The van der Waals surface area contributed by atoms with Gasteiger partial charge >= 0.3 is 0 Å². The molecule has 7 heteroatoms. The number of nitrogens with zero attached hydrogens (tertiary/aromatic N) is 1. The van der Waals surface area contributed by atoms with Crippen molar-refractivity contribution in [3.05, 3.63) is 58.9 Å². The summed E-state index contributed by atoms with van der Waals surface area (Å²) >= 11 is 0. The summed E-state index contributed by atoms with van der Waals surface area (Å²) in [6.07, 6.45) is 4.10. The molecule has 0 spiro atoms. The Balaban J connectivity index is 1.89. The van der Waals surface area contributed by atoms with Crippen molar-refractivity contribution < 1.29 is 23.4 Å². The maximum Gasteiger partial charge on any atom is 0.254 e. The Morgan fingerprint density at radius 1 is 1.12 bits per heavy atom. The summed E-state index contributed by atoms with van der Waals surface area (Å²) in [4.78, 5) is 15.4. The van der Waals surface area contributed by atoms with Crippen LogP contribution in [0.3, 0.4) is 0 Å². The van der Waals surface area contributed by atoms with Gasteiger partial charge in [0, 0.05) is 24.7 Å². The molecule has 32 heavy (non-hydrogen) atoms. The van der Waals surface area contributed by atoms with E-state index in [9.17, 15) is 9.18 Å². The van der Waals surface area contributed by atoms with Crippen LogP contribution in [0.4, 0.5) is 4.39 Å². The summed E-state index contributed by atoms with van der Waals surface area (Å²) in [5, 5.41) is 3.46. The van der Waals surface area contributed by atoms with E-state index in [4.69, 9.17) is 14.2 Å². The molecule has 2 aromatic rings. The minimum Gasteiger partial charge on any atom is -0.493 e. The molecule has 1 atom stereocenters. The van der Waals surface area contributed by atoms with E-state index in [1.54, 1.807) is 24.3 Å². The third-order valence-electron chi connectivity index (χ3n) is 5.53. The van der Waals surface area contributed by atoms with Crippen molar-refractivity contribution in [2.75, 3.05) is 41.0 Å². The molecule has 1 saturated heterocycles. The molecule has 1 N–H and O–H groups in total. The molecule has 1 fully saturated rings. The molecule has 6 nitrogen and oxygen atoms in total. The first-order valence-corrected chi connectivity index (χ1v) is 10.7. The third kappa shape index (κ3) is 5.79. The maximum atomic E-state index is 13.6. The lowest BCUT2D eigenvalue weighted by Crippen LogP contribution is -2.42. The van der Waals surface area contributed by atoms with Crippen molar-refractivity contribution >= 4 is 12.0 Å². The minimum atomic E-state index is -0.272. The first-order valence-electron chi connectivity index (χ1n) is 10.7. The van der Waals surface area contributed by atoms with Crippen molar-refractivity contribution in [3.63, 3.8) is 0 Å². The summed E-state index contributed by atoms with van der Waals surface area (Å²) in [6, 6.07) is 9.92. The van der Waals surface area contributed by atoms with Crippen LogP contribution in [0.15, 0.2) is 42.0 Å². The molecule has 0 radical (unpaired) electrons. The quantitative estimate of drug-likeness (QED) is 0.632. The van der Waals surface area contributed by atoms with Gasteiger partial charge in [-0.1, -0.05) is 23.8 Å². The van der Waals surface area contributed by atoms with Crippen LogP contribution in [0.5, 0.6) is 17.2 Å². The van der Waals surface area contributed by atoms with Gasteiger partial charge in [-0.15, -0.1) is 0 Å². The zero-order valence-corrected chi connectivity index (χ0v) is 19.1. The van der Waals surface area contributed by atoms with Gasteiger partial charge in [-0.3, -0.25) is 4.79 Å². The Hall–Kier alpha value is -3.06. The molecule has 1 aliphatic rings. The highest BCUT2D eigenvalue weighted by Gasteiger charge is 2.25. The van der Waals surface area contributed by atoms with Crippen LogP contribution in [0, 0.1) is 5.82 Å². The van der Waals surface area contributed by atoms with Crippen LogP contribution in [-0.2, 0) is 0 Å². The number of ether oxygens (including phenoxy) is 3. The predicted octanol–water partition coefficient (Wildman–Crippen LogP) is 4.15. The molecule has 3 rings (SSSR count). The lowest BCUT2D eigenvalue weighted by atomic mass is 10.1. The second-order valence-corrected chi connectivity index (χ2v) is 7.94. The van der Waals surface area contributed by atoms with E-state index >= 15 is 0 Å². The minimum absolute atomic E-state index is 0.121. The fourth-order valence-corrected chi connectivity index (χ4v) is 3.98. The number of amides is 1. The second-order valence-electron chi connectivity index (χ2n) is 7.94. The molecule has 0 aromatic heterocycles. The van der Waals surface area contributed by atoms with Crippen LogP contribution in [0.2, 0.25) is 0 Å². The molecule has 172 valence electrons. The van der Waals surface area contributed by atoms with Crippen LogP contribution in [-0.4, -0.2) is 57.8 Å². The van der Waals surface area contributed by atoms with Crippen LogP contribution in [0.25, 0.3) is 6.08 Å². The number of methoxy groups -OCH3 is 3. The normalized spacial score (nSPS) is 16.0. The van der Waals surface area contributed by atoms with Crippen LogP contribution < -0.4 is 19.5 Å². The number of carbonyl (C=O) groups is 1. The molecule has 1 amide bonds. The van der Waals surface area contributed by atoms with Gasteiger partial charge in [0.25, 0.3) is 5.91 Å². The summed E-state index contributed by atoms with van der Waals surface area (Å²) in [5.41, 5.74) is 2.35. The Morgan fingerprint density at radius 3 is 2.31 bits per heavy atom. The molecule has 0 aliphatic carbocycles. The summed E-state index contributed by atoms with van der Waals surface area (Å²) < 4.78 is 29.4. The van der Waals surface area contributed by atoms with E-state index in [0.717, 1.165) is 30.5 Å². The number of benzene rings is 2. The number of hydrogen-bond acceptors (Lipinski definition) is 5. The van der Waals surface area contributed by atoms with Gasteiger partial charge in [0.1, 0.15) is 5.82 Å². The van der Waals surface area contributed by atoms with E-state index in [0.29, 0.717) is 35.9 Å². The van der Waals surface area contributed by atoms with Gasteiger partial charge in [0.05, 0.1) is 21.3 Å². The second kappa shape index (κ2) is 11.0. The monoisotopic (exact) mass is 442 g/mol. The van der Waals surface area contributed by atoms with Gasteiger partial charge in [-0.2, -0.15) is 0 Å². The van der Waals surface area contributed by atoms with E-state index in [-0.39, 0.29) is 17.8 Å². The van der Waals surface area contributed by atoms with Crippen LogP contribution >= 0.6 is 0 Å². The highest BCUT2D eigenvalue weighted by Crippen LogP contribution is 2.38. The Kier molecular flexibility index (Phi) is 8.11. The van der Waals surface area contributed by atoms with Crippen molar-refractivity contribution in [2.24, 2.45) is 0 Å². The number of carbonyl (C=O) groups excluding carboxylic acids is 1. The highest BCUT2D eigenvalue weighted by atomic mass is 19.1. The zero-order chi connectivity index (χ0) is 23.1. The Morgan fingerprint density at radius 2 is 1.78 bits per heavy atom. The molecular formula is C25H31FN2O4. The summed E-state index contributed by atoms with van der Waals surface area (Å²) in [7, 11) is 4.59. The third-order valence-corrected chi connectivity index (χ3v) is 5.53. The van der Waals surface area contributed by atoms with Crippen molar-refractivity contribution in [2.45, 2.75) is 25.8 Å². The van der Waals surface area contributed by atoms with E-state index in [1.807, 2.05) is 17.9 Å². The first-order chi connectivity index (χ1) is 15.4. The smallest absolute Gasteiger partial charge is 0.254 e. The van der Waals surface area contributed by atoms with Gasteiger partial charge in [-0.25, -0.2) is 4.39 Å². The molecule has 2 aromatic carbocycles. The average molecular weight is 443 g/mol. The molecule has 0 bridgehead atoms. The lowest BCUT2D eigenvalue weighted by molar-refractivity contribution is 0.0756. The van der Waals surface area contributed by atoms with E-state index < -0.39 is 0 Å². The number of hydrogen-bond donors (Lipinski definition) is 1. The van der Waals surface area contributed by atoms with Crippen molar-refractivity contribution in [1.29, 1.82) is 0 Å². The predicted molar refractivity (Wildman–Crippen MR) is 123 cm³/mol.